The molecule has 0 bridgehead atoms. The summed E-state index contributed by atoms with van der Waals surface area (Å²) in [5.74, 6) is 1.23. The summed E-state index contributed by atoms with van der Waals surface area (Å²) in [5.41, 5.74) is 1.77. The molecule has 0 aromatic heterocycles. The molecule has 0 aliphatic carbocycles. The summed E-state index contributed by atoms with van der Waals surface area (Å²) in [7, 11) is 1.65. The molecule has 2 nitrogen and oxygen atoms in total. The molecule has 0 atom stereocenters. The van der Waals surface area contributed by atoms with Crippen LogP contribution in [0.25, 0.3) is 0 Å². The van der Waals surface area contributed by atoms with E-state index in [0.29, 0.717) is 11.5 Å². The third kappa shape index (κ3) is 3.63. The first-order chi connectivity index (χ1) is 7.19. The molecular formula is C13H19NO. The number of hydrogen-bond acceptors (Lipinski definition) is 2. The molecular weight excluding hydrogens is 186 g/mol. The van der Waals surface area contributed by atoms with Gasteiger partial charge in [0.05, 0.1) is 18.7 Å². The van der Waals surface area contributed by atoms with Gasteiger partial charge in [0.2, 0.25) is 0 Å². The van der Waals surface area contributed by atoms with Crippen LogP contribution in [0.3, 0.4) is 0 Å². The summed E-state index contributed by atoms with van der Waals surface area (Å²) >= 11 is 0. The van der Waals surface area contributed by atoms with Gasteiger partial charge in [-0.3, -0.25) is 0 Å². The monoisotopic (exact) mass is 205 g/mol. The van der Waals surface area contributed by atoms with Crippen molar-refractivity contribution < 1.29 is 4.74 Å². The summed E-state index contributed by atoms with van der Waals surface area (Å²) in [4.78, 5) is 0. The Morgan fingerprint density at radius 2 is 1.87 bits per heavy atom. The van der Waals surface area contributed by atoms with Crippen LogP contribution >= 0.6 is 0 Å². The van der Waals surface area contributed by atoms with Crippen LogP contribution in [-0.4, -0.2) is 7.11 Å². The molecule has 1 aromatic rings. The van der Waals surface area contributed by atoms with Crippen molar-refractivity contribution in [3.05, 3.63) is 29.3 Å². The highest BCUT2D eigenvalue weighted by molar-refractivity contribution is 5.43. The lowest BCUT2D eigenvalue weighted by molar-refractivity contribution is 0.407. The maximum absolute atomic E-state index is 8.72. The molecule has 0 spiro atoms. The maximum atomic E-state index is 8.72. The van der Waals surface area contributed by atoms with Gasteiger partial charge in [0, 0.05) is 0 Å². The van der Waals surface area contributed by atoms with Crippen molar-refractivity contribution >= 4 is 0 Å². The summed E-state index contributed by atoms with van der Waals surface area (Å²) in [6, 6.07) is 7.61. The van der Waals surface area contributed by atoms with E-state index in [1.54, 1.807) is 13.2 Å². The Bertz CT molecular complexity index is 337. The summed E-state index contributed by atoms with van der Waals surface area (Å²) in [6.45, 7) is 8.16. The summed E-state index contributed by atoms with van der Waals surface area (Å²) in [5, 5.41) is 8.72. The van der Waals surface area contributed by atoms with Crippen LogP contribution in [0.1, 0.15) is 44.7 Å². The molecule has 0 radical (unpaired) electrons. The predicted octanol–water partition coefficient (Wildman–Crippen LogP) is 3.72. The number of ether oxygens (including phenoxy) is 1. The van der Waals surface area contributed by atoms with Crippen molar-refractivity contribution in [1.82, 2.24) is 0 Å². The molecule has 0 unspecified atom stereocenters. The Labute approximate surface area is 92.5 Å². The third-order valence-electron chi connectivity index (χ3n) is 1.98. The third-order valence-corrected chi connectivity index (χ3v) is 1.98. The zero-order valence-corrected chi connectivity index (χ0v) is 10.2. The molecule has 0 fully saturated rings. The molecule has 0 aliphatic rings. The van der Waals surface area contributed by atoms with Crippen molar-refractivity contribution in [3.8, 4) is 11.8 Å². The first-order valence-electron chi connectivity index (χ1n) is 5.27. The lowest BCUT2D eigenvalue weighted by Crippen LogP contribution is -1.94. The lowest BCUT2D eigenvalue weighted by atomic mass is 10.00. The summed E-state index contributed by atoms with van der Waals surface area (Å²) in [6.07, 6.45) is 0. The van der Waals surface area contributed by atoms with Gasteiger partial charge in [0.1, 0.15) is 5.75 Å². The first-order valence-corrected chi connectivity index (χ1v) is 5.27. The smallest absolute Gasteiger partial charge is 0.122 e. The van der Waals surface area contributed by atoms with Gasteiger partial charge in [-0.25, -0.2) is 0 Å². The fourth-order valence-corrected chi connectivity index (χ4v) is 1.26. The predicted molar refractivity (Wildman–Crippen MR) is 63.1 cm³/mol. The minimum Gasteiger partial charge on any atom is -0.496 e. The van der Waals surface area contributed by atoms with Gasteiger partial charge in [-0.05, 0) is 29.7 Å². The first kappa shape index (κ1) is 13.5. The van der Waals surface area contributed by atoms with Crippen LogP contribution in [0.2, 0.25) is 0 Å². The van der Waals surface area contributed by atoms with Gasteiger partial charge in [0.25, 0.3) is 0 Å². The maximum Gasteiger partial charge on any atom is 0.122 e. The largest absolute Gasteiger partial charge is 0.496 e. The molecule has 1 rings (SSSR count). The van der Waals surface area contributed by atoms with Gasteiger partial charge >= 0.3 is 0 Å². The Balaban J connectivity index is 0.000000921. The fourth-order valence-electron chi connectivity index (χ4n) is 1.26. The highest BCUT2D eigenvalue weighted by Crippen LogP contribution is 2.26. The second-order valence-corrected chi connectivity index (χ2v) is 3.22. The Kier molecular flexibility index (Phi) is 6.21. The normalized spacial score (nSPS) is 8.87. The lowest BCUT2D eigenvalue weighted by Gasteiger charge is -2.11. The van der Waals surface area contributed by atoms with Gasteiger partial charge in [-0.15, -0.1) is 0 Å². The number of rotatable bonds is 2. The van der Waals surface area contributed by atoms with Crippen molar-refractivity contribution in [1.29, 1.82) is 5.26 Å². The van der Waals surface area contributed by atoms with Gasteiger partial charge in [-0.1, -0.05) is 27.7 Å². The number of nitrogens with zero attached hydrogens (tertiary/aromatic N) is 1. The topological polar surface area (TPSA) is 33.0 Å². The molecule has 0 amide bonds. The highest BCUT2D eigenvalue weighted by Gasteiger charge is 2.07. The van der Waals surface area contributed by atoms with E-state index >= 15 is 0 Å². The Morgan fingerprint density at radius 1 is 1.27 bits per heavy atom. The van der Waals surface area contributed by atoms with Crippen LogP contribution in [-0.2, 0) is 0 Å². The average Bonchev–Trinajstić information content (AvgIpc) is 2.30. The Hall–Kier alpha value is -1.49. The number of benzene rings is 1. The van der Waals surface area contributed by atoms with Crippen LogP contribution in [0.5, 0.6) is 5.75 Å². The number of nitriles is 1. The zero-order chi connectivity index (χ0) is 11.8. The molecule has 82 valence electrons. The molecule has 2 heteroatoms. The highest BCUT2D eigenvalue weighted by atomic mass is 16.5. The van der Waals surface area contributed by atoms with Crippen molar-refractivity contribution in [3.63, 3.8) is 0 Å². The van der Waals surface area contributed by atoms with Gasteiger partial charge in [0.15, 0.2) is 0 Å². The van der Waals surface area contributed by atoms with Crippen LogP contribution < -0.4 is 4.74 Å². The van der Waals surface area contributed by atoms with Crippen molar-refractivity contribution in [2.45, 2.75) is 33.6 Å². The van der Waals surface area contributed by atoms with Crippen LogP contribution in [0.15, 0.2) is 18.2 Å². The van der Waals surface area contributed by atoms with E-state index in [1.807, 2.05) is 26.0 Å². The number of methoxy groups -OCH3 is 1. The standard InChI is InChI=1S/C11H13NO.C2H6/c1-8(2)10-6-9(7-12)4-5-11(10)13-3;1-2/h4-6,8H,1-3H3;1-2H3. The molecule has 0 N–H and O–H groups in total. The van der Waals surface area contributed by atoms with E-state index in [-0.39, 0.29) is 0 Å². The van der Waals surface area contributed by atoms with E-state index in [2.05, 4.69) is 19.9 Å². The molecule has 0 saturated heterocycles. The van der Waals surface area contributed by atoms with Gasteiger partial charge < -0.3 is 4.74 Å². The van der Waals surface area contributed by atoms with E-state index in [0.717, 1.165) is 11.3 Å². The fraction of sp³-hybridized carbons (Fsp3) is 0.462. The summed E-state index contributed by atoms with van der Waals surface area (Å²) < 4.78 is 5.20. The minimum atomic E-state index is 0.378. The number of hydrogen-bond donors (Lipinski definition) is 0. The molecule has 0 saturated carbocycles. The minimum absolute atomic E-state index is 0.378. The molecule has 0 aliphatic heterocycles. The van der Waals surface area contributed by atoms with E-state index in [4.69, 9.17) is 10.00 Å². The molecule has 0 heterocycles. The van der Waals surface area contributed by atoms with Gasteiger partial charge in [-0.2, -0.15) is 5.26 Å². The van der Waals surface area contributed by atoms with E-state index in [1.165, 1.54) is 0 Å². The van der Waals surface area contributed by atoms with Crippen LogP contribution in [0, 0.1) is 11.3 Å². The van der Waals surface area contributed by atoms with Crippen LogP contribution in [0.4, 0.5) is 0 Å². The van der Waals surface area contributed by atoms with Crippen molar-refractivity contribution in [2.24, 2.45) is 0 Å². The van der Waals surface area contributed by atoms with Crippen molar-refractivity contribution in [2.75, 3.05) is 7.11 Å². The second-order valence-electron chi connectivity index (χ2n) is 3.22. The average molecular weight is 205 g/mol. The van der Waals surface area contributed by atoms with E-state index in [9.17, 15) is 0 Å². The second kappa shape index (κ2) is 6.89. The van der Waals surface area contributed by atoms with E-state index < -0.39 is 0 Å². The quantitative estimate of drug-likeness (QED) is 0.737. The Morgan fingerprint density at radius 3 is 2.27 bits per heavy atom. The molecule has 15 heavy (non-hydrogen) atoms. The SMILES string of the molecule is CC.COc1ccc(C#N)cc1C(C)C. The zero-order valence-electron chi connectivity index (χ0n) is 10.2. The molecule has 1 aromatic carbocycles.